The van der Waals surface area contributed by atoms with Crippen LogP contribution in [0.25, 0.3) is 0 Å². The first kappa shape index (κ1) is 12.9. The van der Waals surface area contributed by atoms with E-state index in [1.165, 1.54) is 0 Å². The highest BCUT2D eigenvalue weighted by molar-refractivity contribution is 6.31. The van der Waals surface area contributed by atoms with Crippen molar-refractivity contribution in [2.75, 3.05) is 11.9 Å². The number of rotatable bonds is 5. The number of aryl methyl sites for hydroxylation is 1. The fourth-order valence-corrected chi connectivity index (χ4v) is 1.84. The first-order valence-electron chi connectivity index (χ1n) is 6.07. The lowest BCUT2D eigenvalue weighted by atomic mass is 10.3. The van der Waals surface area contributed by atoms with Crippen LogP contribution in [0.15, 0.2) is 24.5 Å². The molecule has 0 aromatic carbocycles. The van der Waals surface area contributed by atoms with Crippen LogP contribution < -0.4 is 5.32 Å². The monoisotopic (exact) mass is 264 g/mol. The first-order valence-corrected chi connectivity index (χ1v) is 6.45. The quantitative estimate of drug-likeness (QED) is 0.902. The Kier molecular flexibility index (Phi) is 4.20. The van der Waals surface area contributed by atoms with Gasteiger partial charge in [0.1, 0.15) is 11.6 Å². The molecule has 0 aliphatic rings. The molecule has 2 heterocycles. The van der Waals surface area contributed by atoms with Crippen LogP contribution in [0.1, 0.15) is 24.9 Å². The zero-order valence-electron chi connectivity index (χ0n) is 10.7. The zero-order chi connectivity index (χ0) is 13.0. The molecule has 2 aromatic heterocycles. The summed E-state index contributed by atoms with van der Waals surface area (Å²) in [7, 11) is 0. The van der Waals surface area contributed by atoms with Gasteiger partial charge in [-0.15, -0.1) is 0 Å². The molecule has 96 valence electrons. The van der Waals surface area contributed by atoms with Gasteiger partial charge < -0.3 is 9.88 Å². The molecular weight excluding hydrogens is 248 g/mol. The van der Waals surface area contributed by atoms with Gasteiger partial charge in [0, 0.05) is 18.9 Å². The van der Waals surface area contributed by atoms with Crippen LogP contribution in [0, 0.1) is 6.92 Å². The number of nitrogens with zero attached hydrogens (tertiary/aromatic N) is 3. The molecule has 2 aromatic rings. The lowest BCUT2D eigenvalue weighted by Gasteiger charge is -2.09. The molecule has 0 bridgehead atoms. The van der Waals surface area contributed by atoms with E-state index in [0.717, 1.165) is 30.3 Å². The van der Waals surface area contributed by atoms with Crippen LogP contribution in [0.2, 0.25) is 5.02 Å². The summed E-state index contributed by atoms with van der Waals surface area (Å²) >= 11 is 6.18. The fourth-order valence-electron chi connectivity index (χ4n) is 1.68. The summed E-state index contributed by atoms with van der Waals surface area (Å²) in [4.78, 5) is 8.73. The number of aromatic nitrogens is 3. The summed E-state index contributed by atoms with van der Waals surface area (Å²) in [6.07, 6.45) is 4.78. The van der Waals surface area contributed by atoms with E-state index in [4.69, 9.17) is 11.6 Å². The predicted octanol–water partition coefficient (Wildman–Crippen LogP) is 3.11. The van der Waals surface area contributed by atoms with E-state index in [9.17, 15) is 0 Å². The van der Waals surface area contributed by atoms with Crippen LogP contribution >= 0.6 is 11.6 Å². The molecular formula is C13H17ClN4. The second-order valence-electron chi connectivity index (χ2n) is 4.15. The maximum Gasteiger partial charge on any atom is 0.126 e. The molecule has 0 saturated heterocycles. The number of anilines is 1. The number of nitrogens with one attached hydrogen (secondary N) is 1. The van der Waals surface area contributed by atoms with E-state index in [1.807, 2.05) is 29.8 Å². The van der Waals surface area contributed by atoms with Gasteiger partial charge in [-0.2, -0.15) is 0 Å². The van der Waals surface area contributed by atoms with E-state index < -0.39 is 0 Å². The van der Waals surface area contributed by atoms with Crippen molar-refractivity contribution in [2.45, 2.75) is 26.8 Å². The number of hydrogen-bond acceptors (Lipinski definition) is 3. The Bertz CT molecular complexity index is 521. The molecule has 0 atom stereocenters. The van der Waals surface area contributed by atoms with Crippen molar-refractivity contribution in [1.29, 1.82) is 0 Å². The summed E-state index contributed by atoms with van der Waals surface area (Å²) in [5, 5.41) is 3.95. The highest BCUT2D eigenvalue weighted by Gasteiger charge is 2.06. The maximum atomic E-state index is 6.18. The van der Waals surface area contributed by atoms with Gasteiger partial charge in [-0.25, -0.2) is 9.97 Å². The van der Waals surface area contributed by atoms with Gasteiger partial charge in [0.2, 0.25) is 0 Å². The Labute approximate surface area is 112 Å². The Balaban J connectivity index is 2.18. The van der Waals surface area contributed by atoms with Gasteiger partial charge in [0.05, 0.1) is 17.3 Å². The summed E-state index contributed by atoms with van der Waals surface area (Å²) in [5.74, 6) is 1.83. The van der Waals surface area contributed by atoms with Crippen LogP contribution in [0.3, 0.4) is 0 Å². The molecule has 0 radical (unpaired) electrons. The van der Waals surface area contributed by atoms with Crippen molar-refractivity contribution >= 4 is 17.4 Å². The maximum absolute atomic E-state index is 6.18. The van der Waals surface area contributed by atoms with Crippen LogP contribution in [-0.4, -0.2) is 21.1 Å². The standard InChI is InChI=1S/C13H17ClN4/c1-3-6-16-13-5-4-11(14)12(17-13)9-18-8-7-15-10(18)2/h4-5,7-8H,3,6,9H2,1-2H3,(H,16,17). The van der Waals surface area contributed by atoms with Crippen molar-refractivity contribution in [2.24, 2.45) is 0 Å². The highest BCUT2D eigenvalue weighted by Crippen LogP contribution is 2.18. The van der Waals surface area contributed by atoms with E-state index in [1.54, 1.807) is 6.20 Å². The molecule has 4 nitrogen and oxygen atoms in total. The van der Waals surface area contributed by atoms with Crippen LogP contribution in [-0.2, 0) is 6.54 Å². The fraction of sp³-hybridized carbons (Fsp3) is 0.385. The molecule has 5 heteroatoms. The molecule has 1 N–H and O–H groups in total. The number of hydrogen-bond donors (Lipinski definition) is 1. The van der Waals surface area contributed by atoms with Gasteiger partial charge in [-0.3, -0.25) is 0 Å². The highest BCUT2D eigenvalue weighted by atomic mass is 35.5. The lowest BCUT2D eigenvalue weighted by Crippen LogP contribution is -2.07. The van der Waals surface area contributed by atoms with E-state index in [-0.39, 0.29) is 0 Å². The second-order valence-corrected chi connectivity index (χ2v) is 4.56. The third-order valence-corrected chi connectivity index (χ3v) is 3.06. The summed E-state index contributed by atoms with van der Waals surface area (Å²) in [6.45, 7) is 5.65. The van der Waals surface area contributed by atoms with E-state index in [2.05, 4.69) is 22.2 Å². The van der Waals surface area contributed by atoms with Gasteiger partial charge in [-0.1, -0.05) is 18.5 Å². The average molecular weight is 265 g/mol. The number of pyridine rings is 1. The van der Waals surface area contributed by atoms with Crippen molar-refractivity contribution < 1.29 is 0 Å². The second kappa shape index (κ2) is 5.87. The van der Waals surface area contributed by atoms with Gasteiger partial charge in [0.25, 0.3) is 0 Å². The van der Waals surface area contributed by atoms with Gasteiger partial charge >= 0.3 is 0 Å². The summed E-state index contributed by atoms with van der Waals surface area (Å²) in [6, 6.07) is 3.79. The third-order valence-electron chi connectivity index (χ3n) is 2.72. The average Bonchev–Trinajstić information content (AvgIpc) is 2.76. The molecule has 2 rings (SSSR count). The summed E-state index contributed by atoms with van der Waals surface area (Å²) < 4.78 is 2.03. The van der Waals surface area contributed by atoms with Gasteiger partial charge in [-0.05, 0) is 25.5 Å². The minimum absolute atomic E-state index is 0.645. The van der Waals surface area contributed by atoms with Crippen molar-refractivity contribution in [1.82, 2.24) is 14.5 Å². The minimum atomic E-state index is 0.645. The Morgan fingerprint density at radius 1 is 1.39 bits per heavy atom. The van der Waals surface area contributed by atoms with Crippen LogP contribution in [0.4, 0.5) is 5.82 Å². The largest absolute Gasteiger partial charge is 0.370 e. The SMILES string of the molecule is CCCNc1ccc(Cl)c(Cn2ccnc2C)n1. The number of imidazole rings is 1. The molecule has 0 amide bonds. The molecule has 0 saturated carbocycles. The van der Waals surface area contributed by atoms with E-state index in [0.29, 0.717) is 11.6 Å². The van der Waals surface area contributed by atoms with E-state index >= 15 is 0 Å². The molecule has 0 unspecified atom stereocenters. The van der Waals surface area contributed by atoms with Gasteiger partial charge in [0.15, 0.2) is 0 Å². The van der Waals surface area contributed by atoms with Crippen molar-refractivity contribution in [3.8, 4) is 0 Å². The zero-order valence-corrected chi connectivity index (χ0v) is 11.4. The molecule has 18 heavy (non-hydrogen) atoms. The molecule has 0 fully saturated rings. The Morgan fingerprint density at radius 2 is 2.22 bits per heavy atom. The summed E-state index contributed by atoms with van der Waals surface area (Å²) in [5.41, 5.74) is 0.860. The lowest BCUT2D eigenvalue weighted by molar-refractivity contribution is 0.742. The topological polar surface area (TPSA) is 42.7 Å². The van der Waals surface area contributed by atoms with Crippen molar-refractivity contribution in [3.63, 3.8) is 0 Å². The minimum Gasteiger partial charge on any atom is -0.370 e. The van der Waals surface area contributed by atoms with Crippen molar-refractivity contribution in [3.05, 3.63) is 41.1 Å². The van der Waals surface area contributed by atoms with Crippen LogP contribution in [0.5, 0.6) is 0 Å². The Morgan fingerprint density at radius 3 is 2.89 bits per heavy atom. The molecule has 0 aliphatic heterocycles. The Hall–Kier alpha value is -1.55. The normalized spacial score (nSPS) is 10.6. The molecule has 0 aliphatic carbocycles. The smallest absolute Gasteiger partial charge is 0.126 e. The first-order chi connectivity index (χ1) is 8.70. The predicted molar refractivity (Wildman–Crippen MR) is 74.1 cm³/mol. The molecule has 0 spiro atoms. The number of halogens is 1. The third kappa shape index (κ3) is 3.01.